The van der Waals surface area contributed by atoms with Gasteiger partial charge in [-0.05, 0) is 56.2 Å². The van der Waals surface area contributed by atoms with Crippen LogP contribution in [0.25, 0.3) is 5.65 Å². The fraction of sp³-hybridized carbons (Fsp3) is 0.429. The highest BCUT2D eigenvalue weighted by Gasteiger charge is 2.47. The van der Waals surface area contributed by atoms with E-state index in [1.807, 2.05) is 23.6 Å². The molecule has 2 aliphatic rings. The number of rotatable bonds is 6. The van der Waals surface area contributed by atoms with Crippen LogP contribution in [0.3, 0.4) is 0 Å². The van der Waals surface area contributed by atoms with E-state index < -0.39 is 11.6 Å². The van der Waals surface area contributed by atoms with Crippen LogP contribution >= 0.6 is 0 Å². The monoisotopic (exact) mass is 369 g/mol. The van der Waals surface area contributed by atoms with Crippen LogP contribution in [0.15, 0.2) is 30.5 Å². The molecule has 0 unspecified atom stereocenters. The SMILES string of the molecule is Cc1c(OCC2(c3ccc(F)cc3F)CC2)ccn2c(CC3CC3)nnc12. The van der Waals surface area contributed by atoms with Gasteiger partial charge in [0.05, 0.1) is 6.61 Å². The summed E-state index contributed by atoms with van der Waals surface area (Å²) in [5.41, 5.74) is 1.92. The van der Waals surface area contributed by atoms with Gasteiger partial charge < -0.3 is 4.74 Å². The van der Waals surface area contributed by atoms with E-state index in [-0.39, 0.29) is 5.41 Å². The van der Waals surface area contributed by atoms with Gasteiger partial charge in [-0.3, -0.25) is 4.40 Å². The second-order valence-electron chi connectivity index (χ2n) is 7.96. The molecule has 0 saturated heterocycles. The number of fused-ring (bicyclic) bond motifs is 1. The summed E-state index contributed by atoms with van der Waals surface area (Å²) >= 11 is 0. The molecule has 0 atom stereocenters. The maximum Gasteiger partial charge on any atom is 0.167 e. The molecule has 2 fully saturated rings. The lowest BCUT2D eigenvalue weighted by atomic mass is 9.96. The Balaban J connectivity index is 1.37. The molecule has 1 aromatic carbocycles. The number of halogens is 2. The maximum atomic E-state index is 14.2. The summed E-state index contributed by atoms with van der Waals surface area (Å²) in [6, 6.07) is 5.73. The zero-order valence-corrected chi connectivity index (χ0v) is 15.2. The largest absolute Gasteiger partial charge is 0.492 e. The number of hydrogen-bond acceptors (Lipinski definition) is 3. The van der Waals surface area contributed by atoms with Crippen molar-refractivity contribution in [2.24, 2.45) is 5.92 Å². The van der Waals surface area contributed by atoms with E-state index in [2.05, 4.69) is 10.2 Å². The second-order valence-corrected chi connectivity index (χ2v) is 7.96. The predicted molar refractivity (Wildman–Crippen MR) is 96.9 cm³/mol. The number of hydrogen-bond donors (Lipinski definition) is 0. The van der Waals surface area contributed by atoms with E-state index in [1.165, 1.54) is 18.9 Å². The van der Waals surface area contributed by atoms with Gasteiger partial charge in [0.25, 0.3) is 0 Å². The Bertz CT molecular complexity index is 1020. The number of nitrogens with zero attached hydrogens (tertiary/aromatic N) is 3. The Labute approximate surface area is 156 Å². The zero-order valence-electron chi connectivity index (χ0n) is 15.2. The van der Waals surface area contributed by atoms with Crippen molar-refractivity contribution in [3.8, 4) is 5.75 Å². The number of ether oxygens (including phenoxy) is 1. The molecule has 3 aromatic rings. The first-order chi connectivity index (χ1) is 13.1. The number of benzene rings is 1. The molecule has 27 heavy (non-hydrogen) atoms. The van der Waals surface area contributed by atoms with Gasteiger partial charge in [-0.2, -0.15) is 0 Å². The van der Waals surface area contributed by atoms with E-state index in [1.54, 1.807) is 6.07 Å². The van der Waals surface area contributed by atoms with Gasteiger partial charge in [0.1, 0.15) is 23.2 Å². The molecular weight excluding hydrogens is 348 g/mol. The van der Waals surface area contributed by atoms with Gasteiger partial charge in [-0.1, -0.05) is 6.07 Å². The summed E-state index contributed by atoms with van der Waals surface area (Å²) in [5.74, 6) is 1.43. The minimum atomic E-state index is -0.553. The predicted octanol–water partition coefficient (Wildman–Crippen LogP) is 4.38. The van der Waals surface area contributed by atoms with E-state index in [0.717, 1.165) is 54.0 Å². The molecule has 2 heterocycles. The number of aryl methyl sites for hydroxylation is 1. The average molecular weight is 369 g/mol. The molecule has 6 heteroatoms. The van der Waals surface area contributed by atoms with E-state index in [4.69, 9.17) is 4.74 Å². The van der Waals surface area contributed by atoms with Gasteiger partial charge in [0.2, 0.25) is 0 Å². The molecule has 0 aliphatic heterocycles. The van der Waals surface area contributed by atoms with Crippen LogP contribution in [0.1, 0.15) is 42.6 Å². The summed E-state index contributed by atoms with van der Waals surface area (Å²) in [7, 11) is 0. The van der Waals surface area contributed by atoms with Crippen molar-refractivity contribution < 1.29 is 13.5 Å². The molecule has 0 radical (unpaired) electrons. The Morgan fingerprint density at radius 1 is 1.19 bits per heavy atom. The molecular formula is C21H21F2N3O. The average Bonchev–Trinajstić information content (AvgIpc) is 3.55. The van der Waals surface area contributed by atoms with Crippen LogP contribution in [0, 0.1) is 24.5 Å². The first-order valence-electron chi connectivity index (χ1n) is 9.47. The first-order valence-corrected chi connectivity index (χ1v) is 9.47. The molecule has 0 bridgehead atoms. The lowest BCUT2D eigenvalue weighted by Crippen LogP contribution is -2.19. The Kier molecular flexibility index (Phi) is 3.71. The van der Waals surface area contributed by atoms with Gasteiger partial charge >= 0.3 is 0 Å². The van der Waals surface area contributed by atoms with Gasteiger partial charge in [-0.25, -0.2) is 8.78 Å². The highest BCUT2D eigenvalue weighted by Crippen LogP contribution is 2.49. The highest BCUT2D eigenvalue weighted by molar-refractivity contribution is 5.54. The van der Waals surface area contributed by atoms with Crippen LogP contribution in [0.2, 0.25) is 0 Å². The molecule has 0 amide bonds. The van der Waals surface area contributed by atoms with Crippen molar-refractivity contribution >= 4 is 5.65 Å². The summed E-state index contributed by atoms with van der Waals surface area (Å²) < 4.78 is 35.5. The third-order valence-electron chi connectivity index (χ3n) is 5.87. The molecule has 2 saturated carbocycles. The third-order valence-corrected chi connectivity index (χ3v) is 5.87. The first kappa shape index (κ1) is 16.7. The Morgan fingerprint density at radius 2 is 2.00 bits per heavy atom. The molecule has 4 nitrogen and oxygen atoms in total. The van der Waals surface area contributed by atoms with Crippen molar-refractivity contribution in [3.63, 3.8) is 0 Å². The maximum absolute atomic E-state index is 14.2. The second kappa shape index (κ2) is 6.01. The standard InChI is InChI=1S/C21H21F2N3O/c1-13-18(6-9-26-19(10-14-2-3-14)24-25-20(13)26)27-12-21(7-8-21)16-5-4-15(22)11-17(16)23/h4-6,9,11,14H,2-3,7-8,10,12H2,1H3. The minimum Gasteiger partial charge on any atom is -0.492 e. The van der Waals surface area contributed by atoms with Gasteiger partial charge in [-0.15, -0.1) is 10.2 Å². The summed E-state index contributed by atoms with van der Waals surface area (Å²) in [4.78, 5) is 0. The van der Waals surface area contributed by atoms with Crippen LogP contribution in [-0.2, 0) is 11.8 Å². The van der Waals surface area contributed by atoms with Gasteiger partial charge in [0, 0.05) is 29.7 Å². The van der Waals surface area contributed by atoms with Gasteiger partial charge in [0.15, 0.2) is 5.65 Å². The van der Waals surface area contributed by atoms with Crippen LogP contribution in [-0.4, -0.2) is 21.2 Å². The minimum absolute atomic E-state index is 0.360. The van der Waals surface area contributed by atoms with Crippen LogP contribution in [0.5, 0.6) is 5.75 Å². The van der Waals surface area contributed by atoms with Crippen molar-refractivity contribution in [2.75, 3.05) is 6.61 Å². The lowest BCUT2D eigenvalue weighted by molar-refractivity contribution is 0.273. The molecule has 0 spiro atoms. The summed E-state index contributed by atoms with van der Waals surface area (Å²) in [5, 5.41) is 8.67. The van der Waals surface area contributed by atoms with Crippen molar-refractivity contribution in [2.45, 2.75) is 44.4 Å². The lowest BCUT2D eigenvalue weighted by Gasteiger charge is -2.18. The Morgan fingerprint density at radius 3 is 2.70 bits per heavy atom. The quantitative estimate of drug-likeness (QED) is 0.647. The fourth-order valence-corrected chi connectivity index (χ4v) is 3.77. The highest BCUT2D eigenvalue weighted by atomic mass is 19.1. The summed E-state index contributed by atoms with van der Waals surface area (Å²) in [6.45, 7) is 2.34. The molecule has 0 N–H and O–H groups in total. The molecule has 2 aromatic heterocycles. The normalized spacial score (nSPS) is 18.0. The zero-order chi connectivity index (χ0) is 18.6. The number of aromatic nitrogens is 3. The topological polar surface area (TPSA) is 39.4 Å². The smallest absolute Gasteiger partial charge is 0.167 e. The molecule has 2 aliphatic carbocycles. The summed E-state index contributed by atoms with van der Waals surface area (Å²) in [6.07, 6.45) is 7.15. The number of pyridine rings is 1. The third kappa shape index (κ3) is 2.97. The molecule has 140 valence electrons. The van der Waals surface area contributed by atoms with Crippen molar-refractivity contribution in [1.82, 2.24) is 14.6 Å². The molecule has 5 rings (SSSR count). The fourth-order valence-electron chi connectivity index (χ4n) is 3.77. The Hall–Kier alpha value is -2.50. The van der Waals surface area contributed by atoms with E-state index >= 15 is 0 Å². The van der Waals surface area contributed by atoms with Crippen LogP contribution < -0.4 is 4.74 Å². The van der Waals surface area contributed by atoms with E-state index in [9.17, 15) is 8.78 Å². The van der Waals surface area contributed by atoms with Crippen LogP contribution in [0.4, 0.5) is 8.78 Å². The van der Waals surface area contributed by atoms with Crippen molar-refractivity contribution in [3.05, 3.63) is 59.0 Å². The van der Waals surface area contributed by atoms with Crippen molar-refractivity contribution in [1.29, 1.82) is 0 Å². The van der Waals surface area contributed by atoms with E-state index in [0.29, 0.717) is 12.2 Å².